The van der Waals surface area contributed by atoms with Gasteiger partial charge in [-0.3, -0.25) is 4.79 Å². The Labute approximate surface area is 239 Å². The van der Waals surface area contributed by atoms with Gasteiger partial charge in [-0.2, -0.15) is 9.78 Å². The molecule has 11 heteroatoms. The van der Waals surface area contributed by atoms with E-state index in [4.69, 9.17) is 18.9 Å². The fourth-order valence-electron chi connectivity index (χ4n) is 3.89. The molecule has 0 spiro atoms. The monoisotopic (exact) mass is 653 g/mol. The van der Waals surface area contributed by atoms with Gasteiger partial charge in [0.15, 0.2) is 23.9 Å². The smallest absolute Gasteiger partial charge is 0.343 e. The van der Waals surface area contributed by atoms with Gasteiger partial charge >= 0.3 is 5.97 Å². The molecule has 0 bridgehead atoms. The molecular formula is C28H21Br2N3O6. The summed E-state index contributed by atoms with van der Waals surface area (Å²) in [5.74, 6) is 0.862. The molecule has 2 heterocycles. The Morgan fingerprint density at radius 3 is 2.72 bits per heavy atom. The van der Waals surface area contributed by atoms with Gasteiger partial charge in [0, 0.05) is 9.86 Å². The van der Waals surface area contributed by atoms with Gasteiger partial charge < -0.3 is 18.6 Å². The van der Waals surface area contributed by atoms with Crippen LogP contribution in [0.2, 0.25) is 0 Å². The van der Waals surface area contributed by atoms with Gasteiger partial charge in [-0.05, 0) is 76.9 Å². The van der Waals surface area contributed by atoms with Gasteiger partial charge in [-0.1, -0.05) is 28.1 Å². The molecule has 0 saturated heterocycles. The van der Waals surface area contributed by atoms with Crippen LogP contribution in [0.15, 0.2) is 83.9 Å². The second kappa shape index (κ2) is 11.4. The number of esters is 1. The minimum atomic E-state index is -0.524. The minimum absolute atomic E-state index is 0.254. The van der Waals surface area contributed by atoms with E-state index in [0.717, 1.165) is 9.86 Å². The molecule has 9 nitrogen and oxygen atoms in total. The average Bonchev–Trinajstić information content (AvgIpc) is 3.35. The highest BCUT2D eigenvalue weighted by atomic mass is 79.9. The number of para-hydroxylation sites is 1. The topological polar surface area (TPSA) is 105 Å². The molecule has 5 rings (SSSR count). The number of hydrogen-bond acceptors (Lipinski definition) is 8. The zero-order valence-corrected chi connectivity index (χ0v) is 24.0. The molecule has 0 aliphatic rings. The number of carbonyl (C=O) groups excluding carboxylic acids is 1. The van der Waals surface area contributed by atoms with Crippen molar-refractivity contribution in [3.05, 3.63) is 85.5 Å². The number of nitrogens with zero attached hydrogens (tertiary/aromatic N) is 3. The fourth-order valence-corrected chi connectivity index (χ4v) is 4.85. The molecule has 0 saturated carbocycles. The second-order valence-corrected chi connectivity index (χ2v) is 10.0. The van der Waals surface area contributed by atoms with Crippen LogP contribution >= 0.6 is 31.9 Å². The summed E-state index contributed by atoms with van der Waals surface area (Å²) >= 11 is 6.94. The van der Waals surface area contributed by atoms with Crippen molar-refractivity contribution in [3.8, 4) is 23.1 Å². The van der Waals surface area contributed by atoms with Crippen molar-refractivity contribution < 1.29 is 23.4 Å². The van der Waals surface area contributed by atoms with E-state index in [1.165, 1.54) is 18.0 Å². The molecule has 0 radical (unpaired) electrons. The van der Waals surface area contributed by atoms with Gasteiger partial charge in [0.25, 0.3) is 5.56 Å². The highest BCUT2D eigenvalue weighted by molar-refractivity contribution is 9.10. The predicted octanol–water partition coefficient (Wildman–Crippen LogP) is 6.17. The zero-order chi connectivity index (χ0) is 27.5. The number of furan rings is 1. The van der Waals surface area contributed by atoms with Gasteiger partial charge in [0.05, 0.1) is 35.3 Å². The summed E-state index contributed by atoms with van der Waals surface area (Å²) in [6, 6.07) is 18.0. The van der Waals surface area contributed by atoms with Crippen molar-refractivity contribution in [1.82, 2.24) is 9.66 Å². The van der Waals surface area contributed by atoms with Gasteiger partial charge in [0.1, 0.15) is 5.58 Å². The van der Waals surface area contributed by atoms with Crippen molar-refractivity contribution in [2.24, 2.45) is 5.10 Å². The second-order valence-electron chi connectivity index (χ2n) is 8.23. The molecule has 0 N–H and O–H groups in total. The number of hydrogen-bond donors (Lipinski definition) is 0. The first-order valence-corrected chi connectivity index (χ1v) is 13.4. The largest absolute Gasteiger partial charge is 0.490 e. The number of benzene rings is 3. The normalized spacial score (nSPS) is 11.4. The Morgan fingerprint density at radius 1 is 1.10 bits per heavy atom. The van der Waals surface area contributed by atoms with Gasteiger partial charge in [-0.25, -0.2) is 9.78 Å². The third kappa shape index (κ3) is 5.59. The lowest BCUT2D eigenvalue weighted by molar-refractivity contribution is -0.142. The SMILES string of the molecule is CCOc1cc(C=Nn2c(-c3cc4cc(Br)ccc4o3)nc3ccccc3c2=O)cc(Br)c1OCC(=O)OC. The summed E-state index contributed by atoms with van der Waals surface area (Å²) in [5.41, 5.74) is 1.43. The van der Waals surface area contributed by atoms with Gasteiger partial charge in [0.2, 0.25) is 5.82 Å². The lowest BCUT2D eigenvalue weighted by Gasteiger charge is -2.14. The Kier molecular flexibility index (Phi) is 7.80. The number of carbonyl (C=O) groups is 1. The van der Waals surface area contributed by atoms with Crippen molar-refractivity contribution in [2.45, 2.75) is 6.92 Å². The van der Waals surface area contributed by atoms with Crippen LogP contribution in [0, 0.1) is 0 Å². The van der Waals surface area contributed by atoms with E-state index in [1.54, 1.807) is 30.3 Å². The number of aromatic nitrogens is 2. The maximum absolute atomic E-state index is 13.5. The summed E-state index contributed by atoms with van der Waals surface area (Å²) < 4.78 is 24.7. The molecule has 2 aromatic heterocycles. The maximum Gasteiger partial charge on any atom is 0.343 e. The summed E-state index contributed by atoms with van der Waals surface area (Å²) in [7, 11) is 1.28. The van der Waals surface area contributed by atoms with E-state index in [1.807, 2.05) is 37.3 Å². The van der Waals surface area contributed by atoms with E-state index in [0.29, 0.717) is 50.4 Å². The Morgan fingerprint density at radius 2 is 1.92 bits per heavy atom. The van der Waals surface area contributed by atoms with Crippen LogP contribution in [0.1, 0.15) is 12.5 Å². The molecule has 5 aromatic rings. The first-order valence-electron chi connectivity index (χ1n) is 11.8. The maximum atomic E-state index is 13.5. The van der Waals surface area contributed by atoms with Crippen molar-refractivity contribution >= 4 is 65.9 Å². The van der Waals surface area contributed by atoms with Crippen LogP contribution in [0.4, 0.5) is 0 Å². The molecule has 0 amide bonds. The standard InChI is InChI=1S/C28H21Br2N3O6/c1-3-37-23-11-16(10-20(30)26(23)38-15-25(34)36-2)14-31-33-27(32-21-7-5-4-6-19(21)28(33)35)24-13-17-12-18(29)8-9-22(17)39-24/h4-14H,3,15H2,1-2H3. The van der Waals surface area contributed by atoms with E-state index < -0.39 is 5.97 Å². The van der Waals surface area contributed by atoms with Crippen molar-refractivity contribution in [2.75, 3.05) is 20.3 Å². The summed E-state index contributed by atoms with van der Waals surface area (Å²) in [5, 5.41) is 5.77. The van der Waals surface area contributed by atoms with Crippen LogP contribution in [-0.4, -0.2) is 42.2 Å². The highest BCUT2D eigenvalue weighted by Crippen LogP contribution is 2.37. The number of methoxy groups -OCH3 is 1. The molecule has 0 fully saturated rings. The van der Waals surface area contributed by atoms with E-state index in [2.05, 4.69) is 41.7 Å². The molecule has 0 aliphatic heterocycles. The Balaban J connectivity index is 1.61. The Hall–Kier alpha value is -3.96. The molecule has 0 atom stereocenters. The first-order chi connectivity index (χ1) is 18.9. The van der Waals surface area contributed by atoms with Crippen LogP contribution in [0.25, 0.3) is 33.5 Å². The highest BCUT2D eigenvalue weighted by Gasteiger charge is 2.18. The fraction of sp³-hybridized carbons (Fsp3) is 0.143. The summed E-state index contributed by atoms with van der Waals surface area (Å²) in [6.07, 6.45) is 1.51. The van der Waals surface area contributed by atoms with Gasteiger partial charge in [-0.15, -0.1) is 0 Å². The first kappa shape index (κ1) is 26.6. The van der Waals surface area contributed by atoms with Crippen LogP contribution in [-0.2, 0) is 9.53 Å². The van der Waals surface area contributed by atoms with Crippen LogP contribution in [0.3, 0.4) is 0 Å². The van der Waals surface area contributed by atoms with E-state index in [-0.39, 0.29) is 18.0 Å². The number of rotatable bonds is 8. The molecule has 39 heavy (non-hydrogen) atoms. The van der Waals surface area contributed by atoms with E-state index >= 15 is 0 Å². The molecule has 0 aliphatic carbocycles. The lowest BCUT2D eigenvalue weighted by Crippen LogP contribution is -2.20. The molecular weight excluding hydrogens is 634 g/mol. The predicted molar refractivity (Wildman–Crippen MR) is 155 cm³/mol. The molecule has 0 unspecified atom stereocenters. The van der Waals surface area contributed by atoms with Crippen LogP contribution in [0.5, 0.6) is 11.5 Å². The quantitative estimate of drug-likeness (QED) is 0.146. The molecule has 198 valence electrons. The number of fused-ring (bicyclic) bond motifs is 2. The van der Waals surface area contributed by atoms with Crippen LogP contribution < -0.4 is 15.0 Å². The number of ether oxygens (including phenoxy) is 3. The van der Waals surface area contributed by atoms with E-state index in [9.17, 15) is 9.59 Å². The lowest BCUT2D eigenvalue weighted by atomic mass is 10.2. The average molecular weight is 655 g/mol. The Bertz CT molecular complexity index is 1790. The zero-order valence-electron chi connectivity index (χ0n) is 20.8. The summed E-state index contributed by atoms with van der Waals surface area (Å²) in [6.45, 7) is 1.91. The third-order valence-corrected chi connectivity index (χ3v) is 6.75. The third-order valence-electron chi connectivity index (χ3n) is 5.67. The minimum Gasteiger partial charge on any atom is -0.490 e. The van der Waals surface area contributed by atoms with Crippen molar-refractivity contribution in [1.29, 1.82) is 0 Å². The van der Waals surface area contributed by atoms with Crippen molar-refractivity contribution in [3.63, 3.8) is 0 Å². The number of halogens is 2. The summed E-state index contributed by atoms with van der Waals surface area (Å²) in [4.78, 5) is 29.8. The molecule has 3 aromatic carbocycles.